The first kappa shape index (κ1) is 12.3. The Hall–Kier alpha value is -1.11. The standard InChI is InChI=1S/C11H17N3O2S/c1-9-6-10(14-4-2-13-3-5-14)8-11(7-9)17(12,15)16/h6-8,13H,2-5H2,1H3,(H2,12,15,16). The largest absolute Gasteiger partial charge is 0.369 e. The molecular formula is C11H17N3O2S. The first-order valence-corrected chi connectivity index (χ1v) is 7.11. The predicted molar refractivity (Wildman–Crippen MR) is 67.6 cm³/mol. The third-order valence-electron chi connectivity index (χ3n) is 2.85. The minimum Gasteiger partial charge on any atom is -0.369 e. The lowest BCUT2D eigenvalue weighted by Crippen LogP contribution is -2.43. The lowest BCUT2D eigenvalue weighted by Gasteiger charge is -2.30. The van der Waals surface area contributed by atoms with E-state index in [0.29, 0.717) is 0 Å². The van der Waals surface area contributed by atoms with Gasteiger partial charge < -0.3 is 10.2 Å². The van der Waals surface area contributed by atoms with E-state index in [1.54, 1.807) is 12.1 Å². The fourth-order valence-corrected chi connectivity index (χ4v) is 2.63. The molecule has 1 aliphatic rings. The van der Waals surface area contributed by atoms with E-state index in [1.807, 2.05) is 13.0 Å². The highest BCUT2D eigenvalue weighted by Crippen LogP contribution is 2.21. The van der Waals surface area contributed by atoms with Crippen molar-refractivity contribution < 1.29 is 8.42 Å². The second kappa shape index (κ2) is 4.64. The molecule has 1 fully saturated rings. The molecule has 0 atom stereocenters. The van der Waals surface area contributed by atoms with E-state index in [4.69, 9.17) is 5.14 Å². The number of sulfonamides is 1. The van der Waals surface area contributed by atoms with E-state index in [0.717, 1.165) is 37.4 Å². The number of nitrogens with one attached hydrogen (secondary N) is 1. The van der Waals surface area contributed by atoms with Gasteiger partial charge in [-0.1, -0.05) is 0 Å². The van der Waals surface area contributed by atoms with Gasteiger partial charge in [-0.25, -0.2) is 13.6 Å². The predicted octanol–water partition coefficient (Wildman–Crippen LogP) is 0.0520. The number of rotatable bonds is 2. The van der Waals surface area contributed by atoms with Crippen molar-refractivity contribution >= 4 is 15.7 Å². The Morgan fingerprint density at radius 1 is 1.24 bits per heavy atom. The zero-order valence-electron chi connectivity index (χ0n) is 9.81. The van der Waals surface area contributed by atoms with Crippen molar-refractivity contribution in [3.8, 4) is 0 Å². The van der Waals surface area contributed by atoms with E-state index in [-0.39, 0.29) is 4.90 Å². The van der Waals surface area contributed by atoms with Crippen molar-refractivity contribution in [3.05, 3.63) is 23.8 Å². The second-order valence-corrected chi connectivity index (χ2v) is 5.85. The SMILES string of the molecule is Cc1cc(N2CCNCC2)cc(S(N)(=O)=O)c1. The Bertz CT molecular complexity index is 507. The molecule has 1 saturated heterocycles. The molecule has 1 aliphatic heterocycles. The lowest BCUT2D eigenvalue weighted by molar-refractivity contribution is 0.587. The average molecular weight is 255 g/mol. The zero-order chi connectivity index (χ0) is 12.5. The topological polar surface area (TPSA) is 75.4 Å². The number of piperazine rings is 1. The maximum atomic E-state index is 11.4. The van der Waals surface area contributed by atoms with Crippen LogP contribution in [0.2, 0.25) is 0 Å². The maximum absolute atomic E-state index is 11.4. The molecule has 1 aromatic carbocycles. The van der Waals surface area contributed by atoms with Gasteiger partial charge in [0.15, 0.2) is 0 Å². The van der Waals surface area contributed by atoms with Crippen molar-refractivity contribution in [3.63, 3.8) is 0 Å². The summed E-state index contributed by atoms with van der Waals surface area (Å²) >= 11 is 0. The molecule has 0 radical (unpaired) electrons. The summed E-state index contributed by atoms with van der Waals surface area (Å²) in [7, 11) is -3.63. The normalized spacial score (nSPS) is 17.2. The molecular weight excluding hydrogens is 238 g/mol. The van der Waals surface area contributed by atoms with Gasteiger partial charge in [0.05, 0.1) is 4.90 Å². The van der Waals surface area contributed by atoms with Gasteiger partial charge >= 0.3 is 0 Å². The fourth-order valence-electron chi connectivity index (χ4n) is 2.00. The molecule has 5 nitrogen and oxygen atoms in total. The first-order chi connectivity index (χ1) is 7.97. The summed E-state index contributed by atoms with van der Waals surface area (Å²) in [4.78, 5) is 2.35. The van der Waals surface area contributed by atoms with Crippen molar-refractivity contribution in [2.75, 3.05) is 31.1 Å². The van der Waals surface area contributed by atoms with Crippen LogP contribution < -0.4 is 15.4 Å². The fraction of sp³-hybridized carbons (Fsp3) is 0.455. The highest BCUT2D eigenvalue weighted by atomic mass is 32.2. The molecule has 2 rings (SSSR count). The highest BCUT2D eigenvalue weighted by Gasteiger charge is 2.15. The van der Waals surface area contributed by atoms with Gasteiger partial charge in [-0.2, -0.15) is 0 Å². The summed E-state index contributed by atoms with van der Waals surface area (Å²) in [5, 5.41) is 8.42. The van der Waals surface area contributed by atoms with Gasteiger partial charge in [0.2, 0.25) is 10.0 Å². The van der Waals surface area contributed by atoms with Gasteiger partial charge in [-0.3, -0.25) is 0 Å². The Balaban J connectivity index is 2.37. The van der Waals surface area contributed by atoms with Crippen molar-refractivity contribution in [1.82, 2.24) is 5.32 Å². The van der Waals surface area contributed by atoms with Crippen LogP contribution >= 0.6 is 0 Å². The molecule has 17 heavy (non-hydrogen) atoms. The van der Waals surface area contributed by atoms with Gasteiger partial charge in [0.25, 0.3) is 0 Å². The number of aryl methyl sites for hydroxylation is 1. The Morgan fingerprint density at radius 3 is 2.47 bits per heavy atom. The van der Waals surface area contributed by atoms with Crippen molar-refractivity contribution in [1.29, 1.82) is 0 Å². The quantitative estimate of drug-likeness (QED) is 0.783. The second-order valence-electron chi connectivity index (χ2n) is 4.29. The van der Waals surface area contributed by atoms with E-state index < -0.39 is 10.0 Å². The van der Waals surface area contributed by atoms with Crippen LogP contribution in [0.4, 0.5) is 5.69 Å². The first-order valence-electron chi connectivity index (χ1n) is 5.57. The summed E-state index contributed by atoms with van der Waals surface area (Å²) in [6.45, 7) is 5.47. The molecule has 0 aliphatic carbocycles. The van der Waals surface area contributed by atoms with Gasteiger partial charge in [0.1, 0.15) is 0 Å². The number of anilines is 1. The number of benzene rings is 1. The highest BCUT2D eigenvalue weighted by molar-refractivity contribution is 7.89. The molecule has 0 bridgehead atoms. The molecule has 1 heterocycles. The van der Waals surface area contributed by atoms with Crippen molar-refractivity contribution in [2.45, 2.75) is 11.8 Å². The monoisotopic (exact) mass is 255 g/mol. The van der Waals surface area contributed by atoms with Gasteiger partial charge in [-0.15, -0.1) is 0 Å². The molecule has 3 N–H and O–H groups in total. The van der Waals surface area contributed by atoms with E-state index >= 15 is 0 Å². The third-order valence-corrected chi connectivity index (χ3v) is 3.74. The molecule has 0 spiro atoms. The Labute approximate surface area is 102 Å². The average Bonchev–Trinajstić information content (AvgIpc) is 2.28. The van der Waals surface area contributed by atoms with Crippen LogP contribution in [-0.2, 0) is 10.0 Å². The van der Waals surface area contributed by atoms with E-state index in [2.05, 4.69) is 10.2 Å². The summed E-state index contributed by atoms with van der Waals surface area (Å²) in [5.74, 6) is 0. The molecule has 94 valence electrons. The minimum atomic E-state index is -3.63. The maximum Gasteiger partial charge on any atom is 0.238 e. The van der Waals surface area contributed by atoms with E-state index in [9.17, 15) is 8.42 Å². The molecule has 0 amide bonds. The van der Waals surface area contributed by atoms with Crippen molar-refractivity contribution in [2.24, 2.45) is 5.14 Å². The van der Waals surface area contributed by atoms with Gasteiger partial charge in [-0.05, 0) is 30.7 Å². The zero-order valence-corrected chi connectivity index (χ0v) is 10.6. The summed E-state index contributed by atoms with van der Waals surface area (Å²) in [6.07, 6.45) is 0. The van der Waals surface area contributed by atoms with Crippen LogP contribution in [0.3, 0.4) is 0 Å². The number of hydrogen-bond acceptors (Lipinski definition) is 4. The minimum absolute atomic E-state index is 0.186. The van der Waals surface area contributed by atoms with Crippen LogP contribution in [0.25, 0.3) is 0 Å². The molecule has 0 saturated carbocycles. The summed E-state index contributed by atoms with van der Waals surface area (Å²) in [5.41, 5.74) is 1.83. The Kier molecular flexibility index (Phi) is 3.37. The summed E-state index contributed by atoms with van der Waals surface area (Å²) < 4.78 is 22.7. The Morgan fingerprint density at radius 2 is 1.88 bits per heavy atom. The van der Waals surface area contributed by atoms with Crippen LogP contribution in [0.15, 0.2) is 23.1 Å². The molecule has 0 unspecified atom stereocenters. The lowest BCUT2D eigenvalue weighted by atomic mass is 10.2. The van der Waals surface area contributed by atoms with Crippen LogP contribution in [-0.4, -0.2) is 34.6 Å². The van der Waals surface area contributed by atoms with Gasteiger partial charge in [0, 0.05) is 31.9 Å². The number of primary sulfonamides is 1. The molecule has 6 heteroatoms. The number of nitrogens with zero attached hydrogens (tertiary/aromatic N) is 1. The van der Waals surface area contributed by atoms with E-state index in [1.165, 1.54) is 0 Å². The number of hydrogen-bond donors (Lipinski definition) is 2. The number of nitrogens with two attached hydrogens (primary N) is 1. The van der Waals surface area contributed by atoms with Crippen LogP contribution in [0.1, 0.15) is 5.56 Å². The molecule has 0 aromatic heterocycles. The summed E-state index contributed by atoms with van der Waals surface area (Å²) in [6, 6.07) is 5.23. The van der Waals surface area contributed by atoms with Crippen LogP contribution in [0, 0.1) is 6.92 Å². The molecule has 1 aromatic rings. The smallest absolute Gasteiger partial charge is 0.238 e. The third kappa shape index (κ3) is 2.96. The van der Waals surface area contributed by atoms with Crippen LogP contribution in [0.5, 0.6) is 0 Å².